The van der Waals surface area contributed by atoms with Crippen LogP contribution in [0, 0.1) is 0 Å². The molecule has 0 radical (unpaired) electrons. The third-order valence-corrected chi connectivity index (χ3v) is 3.27. The molecular formula is C8H17NS. The normalized spacial score (nSPS) is 35.1. The summed E-state index contributed by atoms with van der Waals surface area (Å²) in [6.07, 6.45) is 4.98. The van der Waals surface area contributed by atoms with E-state index in [1.54, 1.807) is 0 Å². The van der Waals surface area contributed by atoms with Crippen LogP contribution in [0.3, 0.4) is 0 Å². The van der Waals surface area contributed by atoms with Crippen LogP contribution in [0.1, 0.15) is 19.8 Å². The molecule has 0 bridgehead atoms. The molecule has 0 spiro atoms. The number of likely N-dealkylation sites (tertiary alicyclic amines) is 1. The summed E-state index contributed by atoms with van der Waals surface area (Å²) in [4.78, 5) is 2.51. The van der Waals surface area contributed by atoms with Crippen molar-refractivity contribution in [1.29, 1.82) is 0 Å². The average molecular weight is 159 g/mol. The molecule has 1 heterocycles. The van der Waals surface area contributed by atoms with Gasteiger partial charge in [0.05, 0.1) is 0 Å². The lowest BCUT2D eigenvalue weighted by atomic mass is 10.2. The predicted molar refractivity (Wildman–Crippen MR) is 48.6 cm³/mol. The fourth-order valence-corrected chi connectivity index (χ4v) is 2.38. The summed E-state index contributed by atoms with van der Waals surface area (Å²) in [5.41, 5.74) is 0. The molecule has 0 N–H and O–H groups in total. The van der Waals surface area contributed by atoms with Gasteiger partial charge in [-0.05, 0) is 33.1 Å². The summed E-state index contributed by atoms with van der Waals surface area (Å²) in [6, 6.07) is 1.67. The van der Waals surface area contributed by atoms with Crippen molar-refractivity contribution in [2.24, 2.45) is 0 Å². The Labute approximate surface area is 68.2 Å². The topological polar surface area (TPSA) is 3.24 Å². The second-order valence-corrected chi connectivity index (χ2v) is 4.11. The molecule has 1 rings (SSSR count). The maximum Gasteiger partial charge on any atom is 0.0186 e. The van der Waals surface area contributed by atoms with E-state index in [0.29, 0.717) is 0 Å². The van der Waals surface area contributed by atoms with E-state index in [4.69, 9.17) is 0 Å². The molecule has 1 aliphatic heterocycles. The Morgan fingerprint density at radius 1 is 1.50 bits per heavy atom. The molecule has 0 aromatic heterocycles. The highest BCUT2D eigenvalue weighted by Crippen LogP contribution is 2.23. The number of hydrogen-bond donors (Lipinski definition) is 0. The molecule has 1 nitrogen and oxygen atoms in total. The molecule has 0 amide bonds. The molecule has 1 fully saturated rings. The molecule has 2 atom stereocenters. The van der Waals surface area contributed by atoms with Gasteiger partial charge in [-0.25, -0.2) is 0 Å². The maximum absolute atomic E-state index is 2.51. The first-order valence-corrected chi connectivity index (χ1v) is 5.36. The van der Waals surface area contributed by atoms with Crippen LogP contribution in [0.4, 0.5) is 0 Å². The second-order valence-electron chi connectivity index (χ2n) is 3.20. The molecule has 60 valence electrons. The predicted octanol–water partition coefficient (Wildman–Crippen LogP) is 1.83. The van der Waals surface area contributed by atoms with Gasteiger partial charge in [0.25, 0.3) is 0 Å². The largest absolute Gasteiger partial charge is 0.300 e. The molecule has 1 saturated heterocycles. The Balaban J connectivity index is 2.33. The van der Waals surface area contributed by atoms with E-state index >= 15 is 0 Å². The average Bonchev–Trinajstić information content (AvgIpc) is 2.20. The molecule has 0 aromatic carbocycles. The summed E-state index contributed by atoms with van der Waals surface area (Å²) >= 11 is 1.96. The van der Waals surface area contributed by atoms with Crippen LogP contribution >= 0.6 is 11.8 Å². The van der Waals surface area contributed by atoms with Gasteiger partial charge in [0.1, 0.15) is 0 Å². The third kappa shape index (κ3) is 1.67. The molecule has 10 heavy (non-hydrogen) atoms. The van der Waals surface area contributed by atoms with Crippen molar-refractivity contribution in [1.82, 2.24) is 4.90 Å². The highest BCUT2D eigenvalue weighted by molar-refractivity contribution is 7.98. The van der Waals surface area contributed by atoms with Crippen molar-refractivity contribution in [2.75, 3.05) is 19.1 Å². The Hall–Kier alpha value is 0.310. The summed E-state index contributed by atoms with van der Waals surface area (Å²) in [7, 11) is 2.25. The Bertz CT molecular complexity index is 103. The Morgan fingerprint density at radius 2 is 2.20 bits per heavy atom. The summed E-state index contributed by atoms with van der Waals surface area (Å²) < 4.78 is 0. The number of hydrogen-bond acceptors (Lipinski definition) is 2. The second kappa shape index (κ2) is 3.63. The van der Waals surface area contributed by atoms with E-state index in [-0.39, 0.29) is 0 Å². The Morgan fingerprint density at radius 3 is 2.60 bits per heavy atom. The molecule has 0 aromatic rings. The highest BCUT2D eigenvalue weighted by Gasteiger charge is 2.25. The molecule has 0 saturated carbocycles. The first-order valence-electron chi connectivity index (χ1n) is 3.96. The molecular weight excluding hydrogens is 142 g/mol. The number of nitrogens with zero attached hydrogens (tertiary/aromatic N) is 1. The van der Waals surface area contributed by atoms with Crippen LogP contribution in [-0.4, -0.2) is 36.0 Å². The van der Waals surface area contributed by atoms with E-state index < -0.39 is 0 Å². The third-order valence-electron chi connectivity index (χ3n) is 2.55. The van der Waals surface area contributed by atoms with Crippen molar-refractivity contribution in [2.45, 2.75) is 31.8 Å². The van der Waals surface area contributed by atoms with Gasteiger partial charge in [-0.2, -0.15) is 11.8 Å². The Kier molecular flexibility index (Phi) is 3.05. The quantitative estimate of drug-likeness (QED) is 0.605. The smallest absolute Gasteiger partial charge is 0.0186 e. The lowest BCUT2D eigenvalue weighted by molar-refractivity contribution is 0.271. The van der Waals surface area contributed by atoms with Crippen LogP contribution < -0.4 is 0 Å². The van der Waals surface area contributed by atoms with Crippen molar-refractivity contribution in [3.63, 3.8) is 0 Å². The van der Waals surface area contributed by atoms with Crippen LogP contribution in [-0.2, 0) is 0 Å². The van der Waals surface area contributed by atoms with Gasteiger partial charge in [-0.15, -0.1) is 0 Å². The standard InChI is InChI=1S/C8H17NS/c1-7-4-5-8(6-10-3)9(7)2/h7-8H,4-6H2,1-3H3. The van der Waals surface area contributed by atoms with Crippen LogP contribution in [0.5, 0.6) is 0 Å². The van der Waals surface area contributed by atoms with E-state index in [9.17, 15) is 0 Å². The van der Waals surface area contributed by atoms with Gasteiger partial charge in [0, 0.05) is 17.8 Å². The minimum absolute atomic E-state index is 0.817. The van der Waals surface area contributed by atoms with E-state index in [1.165, 1.54) is 18.6 Å². The fourth-order valence-electron chi connectivity index (χ4n) is 1.59. The van der Waals surface area contributed by atoms with E-state index in [1.807, 2.05) is 11.8 Å². The minimum atomic E-state index is 0.817. The zero-order valence-electron chi connectivity index (χ0n) is 7.13. The van der Waals surface area contributed by atoms with Crippen molar-refractivity contribution >= 4 is 11.8 Å². The van der Waals surface area contributed by atoms with E-state index in [2.05, 4.69) is 25.1 Å². The summed E-state index contributed by atoms with van der Waals surface area (Å²) in [5.74, 6) is 1.31. The molecule has 1 aliphatic rings. The summed E-state index contributed by atoms with van der Waals surface area (Å²) in [6.45, 7) is 2.32. The first kappa shape index (κ1) is 8.41. The van der Waals surface area contributed by atoms with Crippen molar-refractivity contribution < 1.29 is 0 Å². The summed E-state index contributed by atoms with van der Waals surface area (Å²) in [5, 5.41) is 0. The van der Waals surface area contributed by atoms with Gasteiger partial charge >= 0.3 is 0 Å². The number of thioether (sulfide) groups is 1. The van der Waals surface area contributed by atoms with Gasteiger partial charge in [-0.3, -0.25) is 4.90 Å². The highest BCUT2D eigenvalue weighted by atomic mass is 32.2. The maximum atomic E-state index is 2.51. The van der Waals surface area contributed by atoms with E-state index in [0.717, 1.165) is 12.1 Å². The van der Waals surface area contributed by atoms with Gasteiger partial charge < -0.3 is 0 Å². The van der Waals surface area contributed by atoms with Crippen LogP contribution in [0.25, 0.3) is 0 Å². The lowest BCUT2D eigenvalue weighted by Gasteiger charge is -2.22. The van der Waals surface area contributed by atoms with Gasteiger partial charge in [-0.1, -0.05) is 0 Å². The SMILES string of the molecule is CSCC1CCC(C)N1C. The lowest BCUT2D eigenvalue weighted by Crippen LogP contribution is -2.31. The van der Waals surface area contributed by atoms with Gasteiger partial charge in [0.15, 0.2) is 0 Å². The molecule has 2 unspecified atom stereocenters. The first-order chi connectivity index (χ1) is 4.75. The van der Waals surface area contributed by atoms with Crippen LogP contribution in [0.15, 0.2) is 0 Å². The molecule has 0 aliphatic carbocycles. The fraction of sp³-hybridized carbons (Fsp3) is 1.00. The zero-order valence-corrected chi connectivity index (χ0v) is 7.95. The number of rotatable bonds is 2. The monoisotopic (exact) mass is 159 g/mol. The van der Waals surface area contributed by atoms with Crippen molar-refractivity contribution in [3.8, 4) is 0 Å². The van der Waals surface area contributed by atoms with Crippen LogP contribution in [0.2, 0.25) is 0 Å². The van der Waals surface area contributed by atoms with Crippen molar-refractivity contribution in [3.05, 3.63) is 0 Å². The molecule has 2 heteroatoms. The van der Waals surface area contributed by atoms with Gasteiger partial charge in [0.2, 0.25) is 0 Å². The minimum Gasteiger partial charge on any atom is -0.300 e. The zero-order chi connectivity index (χ0) is 7.56.